The van der Waals surface area contributed by atoms with E-state index in [-0.39, 0.29) is 21.8 Å². The summed E-state index contributed by atoms with van der Waals surface area (Å²) in [5.41, 5.74) is -0.467. The molecule has 0 aliphatic carbocycles. The van der Waals surface area contributed by atoms with Gasteiger partial charge in [-0.15, -0.1) is 0 Å². The van der Waals surface area contributed by atoms with E-state index < -0.39 is 35.1 Å². The Morgan fingerprint density at radius 2 is 1.56 bits per heavy atom. The molecule has 3 rings (SSSR count). The SMILES string of the molecule is COC(=O)c1ccc(C(=O)ON2C(=O)c3ccccc3C2=O)c(F)c1. The number of fused-ring (bicyclic) bond motifs is 1. The van der Waals surface area contributed by atoms with E-state index in [0.29, 0.717) is 0 Å². The molecule has 126 valence electrons. The second-order valence-electron chi connectivity index (χ2n) is 5.02. The minimum absolute atomic E-state index is 0.0850. The van der Waals surface area contributed by atoms with Gasteiger partial charge in [0.05, 0.1) is 29.4 Å². The molecule has 0 atom stereocenters. The lowest BCUT2D eigenvalue weighted by atomic mass is 10.1. The summed E-state index contributed by atoms with van der Waals surface area (Å²) >= 11 is 0. The minimum Gasteiger partial charge on any atom is -0.465 e. The van der Waals surface area contributed by atoms with E-state index in [1.54, 1.807) is 12.1 Å². The van der Waals surface area contributed by atoms with Crippen molar-refractivity contribution in [3.05, 3.63) is 70.5 Å². The number of halogens is 1. The number of hydroxylamine groups is 2. The standard InChI is InChI=1S/C17H10FNO6/c1-24-16(22)9-6-7-12(13(18)8-9)17(23)25-19-14(20)10-4-2-3-5-11(10)15(19)21/h2-8H,1H3. The van der Waals surface area contributed by atoms with Gasteiger partial charge in [-0.2, -0.15) is 0 Å². The predicted octanol–water partition coefficient (Wildman–Crippen LogP) is 1.98. The highest BCUT2D eigenvalue weighted by molar-refractivity contribution is 6.21. The maximum absolute atomic E-state index is 14.0. The number of nitrogens with zero attached hydrogens (tertiary/aromatic N) is 1. The van der Waals surface area contributed by atoms with Gasteiger partial charge in [0.15, 0.2) is 0 Å². The fourth-order valence-electron chi connectivity index (χ4n) is 2.31. The molecule has 0 fully saturated rings. The van der Waals surface area contributed by atoms with Gasteiger partial charge >= 0.3 is 11.9 Å². The maximum atomic E-state index is 14.0. The summed E-state index contributed by atoms with van der Waals surface area (Å²) in [4.78, 5) is 52.4. The van der Waals surface area contributed by atoms with Crippen molar-refractivity contribution in [2.24, 2.45) is 0 Å². The van der Waals surface area contributed by atoms with Gasteiger partial charge in [0.25, 0.3) is 11.8 Å². The first-order chi connectivity index (χ1) is 11.9. The van der Waals surface area contributed by atoms with Crippen LogP contribution in [0.2, 0.25) is 0 Å². The van der Waals surface area contributed by atoms with Gasteiger partial charge in [-0.1, -0.05) is 17.2 Å². The Hall–Kier alpha value is -3.55. The van der Waals surface area contributed by atoms with Gasteiger partial charge in [0.2, 0.25) is 0 Å². The number of methoxy groups -OCH3 is 1. The van der Waals surface area contributed by atoms with E-state index in [9.17, 15) is 23.6 Å². The Morgan fingerprint density at radius 3 is 2.08 bits per heavy atom. The zero-order chi connectivity index (χ0) is 18.1. The molecule has 0 bridgehead atoms. The van der Waals surface area contributed by atoms with Gasteiger partial charge < -0.3 is 9.57 Å². The normalized spacial score (nSPS) is 12.8. The number of carbonyl (C=O) groups is 4. The Balaban J connectivity index is 1.83. The van der Waals surface area contributed by atoms with Crippen LogP contribution in [0.1, 0.15) is 41.4 Å². The average molecular weight is 343 g/mol. The van der Waals surface area contributed by atoms with Crippen LogP contribution < -0.4 is 0 Å². The van der Waals surface area contributed by atoms with Gasteiger partial charge in [-0.25, -0.2) is 14.0 Å². The molecule has 0 aromatic heterocycles. The van der Waals surface area contributed by atoms with Gasteiger partial charge in [-0.05, 0) is 30.3 Å². The minimum atomic E-state index is -1.25. The summed E-state index contributed by atoms with van der Waals surface area (Å²) in [6.07, 6.45) is 0. The third-order valence-electron chi connectivity index (χ3n) is 3.54. The maximum Gasteiger partial charge on any atom is 0.366 e. The molecular weight excluding hydrogens is 333 g/mol. The fraction of sp³-hybridized carbons (Fsp3) is 0.0588. The summed E-state index contributed by atoms with van der Waals surface area (Å²) in [5, 5.41) is 0.278. The van der Waals surface area contributed by atoms with Crippen molar-refractivity contribution in [2.45, 2.75) is 0 Å². The topological polar surface area (TPSA) is 90.0 Å². The molecule has 0 N–H and O–H groups in total. The summed E-state index contributed by atoms with van der Waals surface area (Å²) in [5.74, 6) is -4.71. The molecule has 1 heterocycles. The molecule has 0 saturated carbocycles. The van der Waals surface area contributed by atoms with E-state index >= 15 is 0 Å². The zero-order valence-corrected chi connectivity index (χ0v) is 12.8. The van der Waals surface area contributed by atoms with E-state index in [1.807, 2.05) is 0 Å². The summed E-state index contributed by atoms with van der Waals surface area (Å²) in [6, 6.07) is 8.89. The van der Waals surface area contributed by atoms with Crippen molar-refractivity contribution < 1.29 is 33.1 Å². The molecule has 0 saturated heterocycles. The Bertz CT molecular complexity index is 888. The van der Waals surface area contributed by atoms with Crippen LogP contribution in [0.4, 0.5) is 4.39 Å². The lowest BCUT2D eigenvalue weighted by Gasteiger charge is -2.13. The van der Waals surface area contributed by atoms with Crippen LogP contribution in [0, 0.1) is 5.82 Å². The van der Waals surface area contributed by atoms with E-state index in [0.717, 1.165) is 25.3 Å². The number of hydrogen-bond donors (Lipinski definition) is 0. The van der Waals surface area contributed by atoms with Crippen molar-refractivity contribution in [1.29, 1.82) is 0 Å². The molecule has 1 aliphatic heterocycles. The number of imide groups is 1. The van der Waals surface area contributed by atoms with Crippen molar-refractivity contribution >= 4 is 23.8 Å². The predicted molar refractivity (Wildman–Crippen MR) is 80.1 cm³/mol. The fourth-order valence-corrected chi connectivity index (χ4v) is 2.31. The monoisotopic (exact) mass is 343 g/mol. The molecule has 2 aromatic carbocycles. The Kier molecular flexibility index (Phi) is 4.02. The number of rotatable bonds is 3. The molecular formula is C17H10FNO6. The third kappa shape index (κ3) is 2.74. The highest BCUT2D eigenvalue weighted by atomic mass is 19.1. The number of ether oxygens (including phenoxy) is 1. The molecule has 2 amide bonds. The Labute approximate surface area is 140 Å². The zero-order valence-electron chi connectivity index (χ0n) is 12.8. The lowest BCUT2D eigenvalue weighted by Crippen LogP contribution is -2.33. The Morgan fingerprint density at radius 1 is 0.960 bits per heavy atom. The quantitative estimate of drug-likeness (QED) is 0.625. The first-order valence-electron chi connectivity index (χ1n) is 7.02. The second-order valence-corrected chi connectivity index (χ2v) is 5.02. The average Bonchev–Trinajstić information content (AvgIpc) is 2.86. The van der Waals surface area contributed by atoms with Crippen LogP contribution >= 0.6 is 0 Å². The number of benzene rings is 2. The molecule has 25 heavy (non-hydrogen) atoms. The van der Waals surface area contributed by atoms with Crippen LogP contribution in [-0.2, 0) is 9.57 Å². The number of carbonyl (C=O) groups excluding carboxylic acids is 4. The number of amides is 2. The van der Waals surface area contributed by atoms with E-state index in [2.05, 4.69) is 4.74 Å². The summed E-state index contributed by atoms with van der Waals surface area (Å²) in [6.45, 7) is 0. The molecule has 2 aromatic rings. The summed E-state index contributed by atoms with van der Waals surface area (Å²) < 4.78 is 18.5. The van der Waals surface area contributed by atoms with Crippen molar-refractivity contribution in [3.8, 4) is 0 Å². The molecule has 8 heteroatoms. The first kappa shape index (κ1) is 16.3. The highest BCUT2D eigenvalue weighted by Gasteiger charge is 2.39. The van der Waals surface area contributed by atoms with Crippen molar-refractivity contribution in [1.82, 2.24) is 5.06 Å². The van der Waals surface area contributed by atoms with Crippen molar-refractivity contribution in [2.75, 3.05) is 7.11 Å². The van der Waals surface area contributed by atoms with Crippen LogP contribution in [0.15, 0.2) is 42.5 Å². The molecule has 0 spiro atoms. The molecule has 0 unspecified atom stereocenters. The van der Waals surface area contributed by atoms with Gasteiger partial charge in [0.1, 0.15) is 5.82 Å². The number of hydrogen-bond acceptors (Lipinski definition) is 6. The molecule has 1 aliphatic rings. The summed E-state index contributed by atoms with van der Waals surface area (Å²) in [7, 11) is 1.13. The number of esters is 1. The first-order valence-corrected chi connectivity index (χ1v) is 7.02. The third-order valence-corrected chi connectivity index (χ3v) is 3.54. The van der Waals surface area contributed by atoms with Crippen LogP contribution in [0.5, 0.6) is 0 Å². The van der Waals surface area contributed by atoms with Gasteiger partial charge in [0, 0.05) is 0 Å². The second kappa shape index (κ2) is 6.16. The van der Waals surface area contributed by atoms with Crippen LogP contribution in [0.25, 0.3) is 0 Å². The van der Waals surface area contributed by atoms with Crippen LogP contribution in [0.3, 0.4) is 0 Å². The highest BCUT2D eigenvalue weighted by Crippen LogP contribution is 2.23. The largest absolute Gasteiger partial charge is 0.465 e. The van der Waals surface area contributed by atoms with Crippen LogP contribution in [-0.4, -0.2) is 35.9 Å². The van der Waals surface area contributed by atoms with E-state index in [4.69, 9.17) is 4.84 Å². The lowest BCUT2D eigenvalue weighted by molar-refractivity contribution is -0.0587. The molecule has 0 radical (unpaired) electrons. The molecule has 7 nitrogen and oxygen atoms in total. The smallest absolute Gasteiger partial charge is 0.366 e. The van der Waals surface area contributed by atoms with Gasteiger partial charge in [-0.3, -0.25) is 9.59 Å². The van der Waals surface area contributed by atoms with Crippen molar-refractivity contribution in [3.63, 3.8) is 0 Å². The van der Waals surface area contributed by atoms with E-state index in [1.165, 1.54) is 12.1 Å².